The minimum absolute atomic E-state index is 0.0533. The first-order valence-electron chi connectivity index (χ1n) is 20.4. The molecule has 0 radical (unpaired) electrons. The van der Waals surface area contributed by atoms with E-state index in [1.165, 1.54) is 68.1 Å². The number of nitrogens with one attached hydrogen (secondary N) is 1. The molecule has 1 N–H and O–H groups in total. The maximum atomic E-state index is 12.6. The van der Waals surface area contributed by atoms with Gasteiger partial charge < -0.3 is 15.0 Å². The average molecular weight is 709 g/mol. The third kappa shape index (κ3) is 5.67. The van der Waals surface area contributed by atoms with Gasteiger partial charge in [-0.2, -0.15) is 0 Å². The van der Waals surface area contributed by atoms with Crippen molar-refractivity contribution in [2.75, 3.05) is 44.3 Å². The lowest BCUT2D eigenvalue weighted by Gasteiger charge is -2.72. The van der Waals surface area contributed by atoms with E-state index in [2.05, 4.69) is 70.5 Å². The van der Waals surface area contributed by atoms with Gasteiger partial charge in [0.05, 0.1) is 24.0 Å². The lowest BCUT2D eigenvalue weighted by molar-refractivity contribution is -0.221. The number of hydrogen-bond acceptors (Lipinski definition) is 6. The predicted octanol–water partition coefficient (Wildman–Crippen LogP) is 8.15. The molecule has 4 saturated carbocycles. The fourth-order valence-electron chi connectivity index (χ4n) is 14.4. The van der Waals surface area contributed by atoms with Crippen molar-refractivity contribution in [1.82, 2.24) is 10.2 Å². The molecule has 1 aliphatic heterocycles. The molecule has 50 heavy (non-hydrogen) atoms. The molecule has 1 heterocycles. The maximum Gasteiger partial charge on any atom is 0.312 e. The number of hydrogen-bond donors (Lipinski definition) is 1. The highest BCUT2D eigenvalue weighted by Crippen LogP contribution is 2.76. The fraction of sp³-hybridized carbons (Fsp3) is 0.837. The van der Waals surface area contributed by atoms with Gasteiger partial charge in [0.1, 0.15) is 0 Å². The zero-order valence-corrected chi connectivity index (χ0v) is 33.4. The molecule has 6 aliphatic carbocycles. The van der Waals surface area contributed by atoms with Crippen molar-refractivity contribution < 1.29 is 17.9 Å². The summed E-state index contributed by atoms with van der Waals surface area (Å²) in [6, 6.07) is 0. The van der Waals surface area contributed by atoms with Crippen LogP contribution in [0.3, 0.4) is 0 Å². The summed E-state index contributed by atoms with van der Waals surface area (Å²) < 4.78 is 29.5. The molecular weight excluding hydrogens is 641 g/mol. The number of esters is 1. The summed E-state index contributed by atoms with van der Waals surface area (Å²) in [6.07, 6.45) is 18.2. The maximum absolute atomic E-state index is 12.6. The van der Waals surface area contributed by atoms with E-state index in [9.17, 15) is 13.2 Å². The molecule has 5 fully saturated rings. The van der Waals surface area contributed by atoms with Crippen LogP contribution in [-0.4, -0.2) is 69.1 Å². The summed E-state index contributed by atoms with van der Waals surface area (Å²) in [6.45, 7) is 25.7. The Bertz CT molecular complexity index is 1530. The van der Waals surface area contributed by atoms with Gasteiger partial charge >= 0.3 is 5.97 Å². The van der Waals surface area contributed by atoms with Crippen LogP contribution in [0.25, 0.3) is 0 Å². The number of fused-ring (bicyclic) bond motifs is 7. The molecule has 10 atom stereocenters. The third-order valence-electron chi connectivity index (χ3n) is 17.0. The molecule has 7 rings (SSSR count). The van der Waals surface area contributed by atoms with Crippen molar-refractivity contribution in [3.63, 3.8) is 0 Å². The number of nitrogens with zero attached hydrogens (tertiary/aromatic N) is 1. The minimum atomic E-state index is -2.85. The second-order valence-electron chi connectivity index (χ2n) is 19.4. The Morgan fingerprint density at radius 2 is 1.70 bits per heavy atom. The summed E-state index contributed by atoms with van der Waals surface area (Å²) in [4.78, 5) is 15.0. The smallest absolute Gasteiger partial charge is 0.312 e. The Morgan fingerprint density at radius 3 is 2.40 bits per heavy atom. The molecule has 0 aromatic carbocycles. The van der Waals surface area contributed by atoms with Crippen LogP contribution < -0.4 is 5.32 Å². The highest BCUT2D eigenvalue weighted by atomic mass is 32.2. The first kappa shape index (κ1) is 36.9. The number of allylic oxidation sites excluding steroid dienone is 4. The quantitative estimate of drug-likeness (QED) is 0.203. The Kier molecular flexibility index (Phi) is 9.49. The monoisotopic (exact) mass is 708 g/mol. The van der Waals surface area contributed by atoms with Crippen LogP contribution in [0.1, 0.15) is 119 Å². The summed E-state index contributed by atoms with van der Waals surface area (Å²) in [7, 11) is -2.85. The van der Waals surface area contributed by atoms with Gasteiger partial charge in [-0.05, 0) is 147 Å². The van der Waals surface area contributed by atoms with E-state index in [0.29, 0.717) is 71.6 Å². The highest BCUT2D eigenvalue weighted by Gasteiger charge is 2.70. The zero-order valence-electron chi connectivity index (χ0n) is 32.5. The van der Waals surface area contributed by atoms with E-state index >= 15 is 0 Å². The lowest BCUT2D eigenvalue weighted by Crippen LogP contribution is -2.68. The van der Waals surface area contributed by atoms with Crippen molar-refractivity contribution in [1.29, 1.82) is 0 Å². The van der Waals surface area contributed by atoms with Crippen molar-refractivity contribution in [3.05, 3.63) is 35.5 Å². The van der Waals surface area contributed by atoms with Gasteiger partial charge in [0, 0.05) is 31.7 Å². The van der Waals surface area contributed by atoms with E-state index in [1.807, 2.05) is 6.92 Å². The van der Waals surface area contributed by atoms with Crippen LogP contribution in [0.2, 0.25) is 0 Å². The Morgan fingerprint density at radius 1 is 0.960 bits per heavy atom. The Hall–Kier alpha value is -1.44. The van der Waals surface area contributed by atoms with Gasteiger partial charge in [-0.3, -0.25) is 4.79 Å². The third-order valence-corrected chi connectivity index (χ3v) is 18.7. The fourth-order valence-corrected chi connectivity index (χ4v) is 15.7. The Labute approximate surface area is 304 Å². The van der Waals surface area contributed by atoms with Crippen molar-refractivity contribution in [2.45, 2.75) is 125 Å². The summed E-state index contributed by atoms with van der Waals surface area (Å²) >= 11 is 0. The number of carbonyl (C=O) groups is 1. The molecular formula is C43H68N2O4S. The molecule has 0 bridgehead atoms. The highest BCUT2D eigenvalue weighted by molar-refractivity contribution is 7.91. The van der Waals surface area contributed by atoms with Gasteiger partial charge in [-0.1, -0.05) is 58.9 Å². The summed E-state index contributed by atoms with van der Waals surface area (Å²) in [5, 5.41) is 4.22. The number of sulfone groups is 1. The van der Waals surface area contributed by atoms with Gasteiger partial charge in [0.15, 0.2) is 9.84 Å². The van der Waals surface area contributed by atoms with E-state index in [-0.39, 0.29) is 28.3 Å². The topological polar surface area (TPSA) is 75.7 Å². The van der Waals surface area contributed by atoms with E-state index < -0.39 is 9.84 Å². The van der Waals surface area contributed by atoms with Crippen LogP contribution in [0.5, 0.6) is 0 Å². The number of carbonyl (C=O) groups excluding carboxylic acids is 1. The molecule has 0 spiro atoms. The van der Waals surface area contributed by atoms with Crippen LogP contribution >= 0.6 is 0 Å². The van der Waals surface area contributed by atoms with E-state index in [4.69, 9.17) is 4.74 Å². The molecule has 0 amide bonds. The predicted molar refractivity (Wildman–Crippen MR) is 203 cm³/mol. The second-order valence-corrected chi connectivity index (χ2v) is 21.7. The largest absolute Gasteiger partial charge is 0.466 e. The van der Waals surface area contributed by atoms with Crippen molar-refractivity contribution >= 4 is 15.8 Å². The molecule has 0 aromatic rings. The van der Waals surface area contributed by atoms with Gasteiger partial charge in [-0.25, -0.2) is 8.42 Å². The van der Waals surface area contributed by atoms with Gasteiger partial charge in [0.2, 0.25) is 0 Å². The van der Waals surface area contributed by atoms with E-state index in [1.54, 1.807) is 0 Å². The second kappa shape index (κ2) is 12.9. The van der Waals surface area contributed by atoms with Crippen LogP contribution in [0.15, 0.2) is 35.5 Å². The normalized spacial score (nSPS) is 44.9. The van der Waals surface area contributed by atoms with Crippen molar-refractivity contribution in [2.24, 2.45) is 57.2 Å². The molecule has 1 saturated heterocycles. The first-order chi connectivity index (χ1) is 23.5. The van der Waals surface area contributed by atoms with Gasteiger partial charge in [-0.15, -0.1) is 0 Å². The van der Waals surface area contributed by atoms with Crippen LogP contribution in [-0.2, 0) is 19.4 Å². The number of ether oxygens (including phenoxy) is 1. The van der Waals surface area contributed by atoms with E-state index in [0.717, 1.165) is 32.4 Å². The summed E-state index contributed by atoms with van der Waals surface area (Å²) in [5.41, 5.74) is 5.43. The van der Waals surface area contributed by atoms with Crippen LogP contribution in [0.4, 0.5) is 0 Å². The molecule has 0 aromatic heterocycles. The zero-order chi connectivity index (χ0) is 35.9. The minimum Gasteiger partial charge on any atom is -0.466 e. The lowest BCUT2D eigenvalue weighted by atomic mass is 9.33. The first-order valence-corrected chi connectivity index (χ1v) is 22.2. The van der Waals surface area contributed by atoms with Crippen LogP contribution in [0, 0.1) is 57.2 Å². The standard InChI is InChI=1S/C43H68N2O4S/c1-9-49-38(46)31-11-10-30(28-31)33-15-17-40(6)35(39(33,4)5)16-18-42(8)36(40)13-12-34-37-32(29(2)3)14-19-43(37,21-20-41(34,42)7)44-22-23-45-24-26-50(47,48)27-25-45/h15,28,31-32,34-37,44H,2,9-14,16-27H2,1,3-8H3/t31?,32-,34+,35-,36+,37+,40-,41+,42+,43-/m0/s1. The van der Waals surface area contributed by atoms with Crippen molar-refractivity contribution in [3.8, 4) is 0 Å². The molecule has 6 nitrogen and oxygen atoms in total. The molecule has 1 unspecified atom stereocenters. The molecule has 7 aliphatic rings. The average Bonchev–Trinajstić information content (AvgIpc) is 3.68. The van der Waals surface area contributed by atoms with Gasteiger partial charge in [0.25, 0.3) is 0 Å². The summed E-state index contributed by atoms with van der Waals surface area (Å²) in [5.74, 6) is 3.72. The SMILES string of the molecule is C=C(C)[C@@H]1CC[C@]2(NCCN3CCS(=O)(=O)CC3)CC[C@]3(C)[C@H](CC[C@@H]4[C@@]5(C)CC=C(C6=CC(C(=O)OCC)CC6)C(C)(C)[C@@H]5CC[C@]43C)[C@@H]12. The molecule has 280 valence electrons. The Balaban J connectivity index is 1.13. The number of rotatable bonds is 8. The molecule has 7 heteroatoms.